The molecule has 1 saturated heterocycles. The third kappa shape index (κ3) is 4.05. The summed E-state index contributed by atoms with van der Waals surface area (Å²) in [5.74, 6) is -1.26. The Balaban J connectivity index is 2.01. The Morgan fingerprint density at radius 2 is 2.33 bits per heavy atom. The summed E-state index contributed by atoms with van der Waals surface area (Å²) in [6.45, 7) is 1.23. The topological polar surface area (TPSA) is 98.0 Å². The van der Waals surface area contributed by atoms with Gasteiger partial charge in [0, 0.05) is 19.6 Å². The molecule has 1 fully saturated rings. The lowest BCUT2D eigenvalue weighted by molar-refractivity contribution is -0.142. The summed E-state index contributed by atoms with van der Waals surface area (Å²) in [5, 5.41) is 11.8. The molecule has 7 nitrogen and oxygen atoms in total. The molecular formula is C14H19NO6. The van der Waals surface area contributed by atoms with E-state index in [1.807, 2.05) is 0 Å². The van der Waals surface area contributed by atoms with Crippen molar-refractivity contribution in [1.29, 1.82) is 0 Å². The Morgan fingerprint density at radius 1 is 1.52 bits per heavy atom. The Morgan fingerprint density at radius 3 is 2.95 bits per heavy atom. The van der Waals surface area contributed by atoms with E-state index in [1.54, 1.807) is 6.07 Å². The molecule has 2 atom stereocenters. The lowest BCUT2D eigenvalue weighted by atomic mass is 9.93. The molecule has 0 bridgehead atoms. The Bertz CT molecular complexity index is 491. The van der Waals surface area contributed by atoms with Gasteiger partial charge in [-0.05, 0) is 25.0 Å². The van der Waals surface area contributed by atoms with Crippen molar-refractivity contribution in [2.45, 2.75) is 25.5 Å². The van der Waals surface area contributed by atoms with Gasteiger partial charge in [0.05, 0.1) is 6.61 Å². The van der Waals surface area contributed by atoms with Gasteiger partial charge in [-0.2, -0.15) is 0 Å². The van der Waals surface area contributed by atoms with Crippen LogP contribution in [0, 0.1) is 5.92 Å². The summed E-state index contributed by atoms with van der Waals surface area (Å²) in [6.07, 6.45) is 1.51. The second-order valence-corrected chi connectivity index (χ2v) is 4.97. The van der Waals surface area contributed by atoms with E-state index in [2.05, 4.69) is 5.32 Å². The number of furan rings is 1. The van der Waals surface area contributed by atoms with Crippen molar-refractivity contribution in [3.63, 3.8) is 0 Å². The zero-order chi connectivity index (χ0) is 15.2. The Hall–Kier alpha value is -1.86. The molecule has 0 spiro atoms. The highest BCUT2D eigenvalue weighted by Gasteiger charge is 2.32. The van der Waals surface area contributed by atoms with Crippen LogP contribution < -0.4 is 5.32 Å². The quantitative estimate of drug-likeness (QED) is 0.814. The summed E-state index contributed by atoms with van der Waals surface area (Å²) in [7, 11) is 1.52. The van der Waals surface area contributed by atoms with Crippen LogP contribution in [0.3, 0.4) is 0 Å². The molecule has 0 saturated carbocycles. The third-order valence-corrected chi connectivity index (χ3v) is 3.39. The monoisotopic (exact) mass is 297 g/mol. The molecule has 7 heteroatoms. The predicted octanol–water partition coefficient (Wildman–Crippen LogP) is 1.04. The smallest absolute Gasteiger partial charge is 0.326 e. The molecule has 0 aromatic carbocycles. The van der Waals surface area contributed by atoms with E-state index < -0.39 is 17.9 Å². The van der Waals surface area contributed by atoms with Crippen molar-refractivity contribution in [2.75, 3.05) is 20.3 Å². The van der Waals surface area contributed by atoms with Gasteiger partial charge in [0.2, 0.25) is 0 Å². The second kappa shape index (κ2) is 7.24. The first-order valence-corrected chi connectivity index (χ1v) is 6.81. The van der Waals surface area contributed by atoms with Crippen LogP contribution in [0.15, 0.2) is 16.5 Å². The van der Waals surface area contributed by atoms with Crippen LogP contribution in [0.2, 0.25) is 0 Å². The van der Waals surface area contributed by atoms with Crippen molar-refractivity contribution in [3.8, 4) is 0 Å². The van der Waals surface area contributed by atoms with Gasteiger partial charge in [-0.3, -0.25) is 4.79 Å². The number of ether oxygens (including phenoxy) is 2. The van der Waals surface area contributed by atoms with Crippen LogP contribution in [-0.4, -0.2) is 43.3 Å². The van der Waals surface area contributed by atoms with E-state index in [9.17, 15) is 14.7 Å². The SMILES string of the molecule is COCc1ccc(C(=O)NC(C(=O)O)C2CCCOC2)o1. The van der Waals surface area contributed by atoms with Crippen molar-refractivity contribution in [3.05, 3.63) is 23.7 Å². The van der Waals surface area contributed by atoms with Crippen LogP contribution in [0.25, 0.3) is 0 Å². The number of carboxylic acids is 1. The van der Waals surface area contributed by atoms with Gasteiger partial charge in [-0.15, -0.1) is 0 Å². The molecule has 2 unspecified atom stereocenters. The van der Waals surface area contributed by atoms with Crippen LogP contribution in [0.5, 0.6) is 0 Å². The number of carboxylic acid groups (broad SMARTS) is 1. The molecular weight excluding hydrogens is 278 g/mol. The number of rotatable bonds is 6. The highest BCUT2D eigenvalue weighted by molar-refractivity contribution is 5.94. The van der Waals surface area contributed by atoms with Crippen LogP contribution in [0.1, 0.15) is 29.2 Å². The summed E-state index contributed by atoms with van der Waals surface area (Å²) in [6, 6.07) is 2.14. The van der Waals surface area contributed by atoms with E-state index in [4.69, 9.17) is 13.9 Å². The summed E-state index contributed by atoms with van der Waals surface area (Å²) >= 11 is 0. The van der Waals surface area contributed by atoms with Crippen molar-refractivity contribution in [1.82, 2.24) is 5.32 Å². The number of amides is 1. The third-order valence-electron chi connectivity index (χ3n) is 3.39. The van der Waals surface area contributed by atoms with Crippen molar-refractivity contribution >= 4 is 11.9 Å². The molecule has 1 aliphatic rings. The number of nitrogens with one attached hydrogen (secondary N) is 1. The zero-order valence-corrected chi connectivity index (χ0v) is 11.8. The van der Waals surface area contributed by atoms with Crippen LogP contribution in [0.4, 0.5) is 0 Å². The molecule has 0 aliphatic carbocycles. The fraction of sp³-hybridized carbons (Fsp3) is 0.571. The first-order chi connectivity index (χ1) is 10.1. The lowest BCUT2D eigenvalue weighted by Crippen LogP contribution is -2.48. The highest BCUT2D eigenvalue weighted by atomic mass is 16.5. The van der Waals surface area contributed by atoms with Gasteiger partial charge in [-0.25, -0.2) is 4.79 Å². The number of aliphatic carboxylic acids is 1. The van der Waals surface area contributed by atoms with Gasteiger partial charge < -0.3 is 24.3 Å². The molecule has 1 aliphatic heterocycles. The minimum atomic E-state index is -1.07. The van der Waals surface area contributed by atoms with E-state index in [0.717, 1.165) is 6.42 Å². The molecule has 1 amide bonds. The normalized spacial score (nSPS) is 20.0. The minimum Gasteiger partial charge on any atom is -0.480 e. The standard InChI is InChI=1S/C14H19NO6/c1-19-8-10-4-5-11(21-10)13(16)15-12(14(17)18)9-3-2-6-20-7-9/h4-5,9,12H,2-3,6-8H2,1H3,(H,15,16)(H,17,18). The fourth-order valence-electron chi connectivity index (χ4n) is 2.34. The van der Waals surface area contributed by atoms with Gasteiger partial charge in [-0.1, -0.05) is 0 Å². The molecule has 1 aromatic heterocycles. The second-order valence-electron chi connectivity index (χ2n) is 4.97. The first kappa shape index (κ1) is 15.5. The molecule has 116 valence electrons. The number of methoxy groups -OCH3 is 1. The number of hydrogen-bond acceptors (Lipinski definition) is 5. The zero-order valence-electron chi connectivity index (χ0n) is 11.8. The number of hydrogen-bond donors (Lipinski definition) is 2. The Kier molecular flexibility index (Phi) is 5.35. The van der Waals surface area contributed by atoms with Crippen molar-refractivity contribution in [2.24, 2.45) is 5.92 Å². The van der Waals surface area contributed by atoms with Crippen molar-refractivity contribution < 1.29 is 28.6 Å². The maximum Gasteiger partial charge on any atom is 0.326 e. The van der Waals surface area contributed by atoms with E-state index >= 15 is 0 Å². The van der Waals surface area contributed by atoms with Gasteiger partial charge >= 0.3 is 5.97 Å². The molecule has 1 aromatic rings. The lowest BCUT2D eigenvalue weighted by Gasteiger charge is -2.27. The number of carbonyl (C=O) groups is 2. The van der Waals surface area contributed by atoms with Crippen LogP contribution >= 0.6 is 0 Å². The average Bonchev–Trinajstić information content (AvgIpc) is 2.94. The largest absolute Gasteiger partial charge is 0.480 e. The van der Waals surface area contributed by atoms with Gasteiger partial charge in [0.15, 0.2) is 5.76 Å². The molecule has 21 heavy (non-hydrogen) atoms. The minimum absolute atomic E-state index is 0.0741. The van der Waals surface area contributed by atoms with Gasteiger partial charge in [0.25, 0.3) is 5.91 Å². The molecule has 2 heterocycles. The van der Waals surface area contributed by atoms with E-state index in [-0.39, 0.29) is 18.3 Å². The Labute approximate surface area is 122 Å². The highest BCUT2D eigenvalue weighted by Crippen LogP contribution is 2.18. The maximum absolute atomic E-state index is 12.1. The van der Waals surface area contributed by atoms with E-state index in [0.29, 0.717) is 25.4 Å². The first-order valence-electron chi connectivity index (χ1n) is 6.81. The fourth-order valence-corrected chi connectivity index (χ4v) is 2.34. The maximum atomic E-state index is 12.1. The van der Waals surface area contributed by atoms with Gasteiger partial charge in [0.1, 0.15) is 18.4 Å². The molecule has 0 radical (unpaired) electrons. The summed E-state index contributed by atoms with van der Waals surface area (Å²) in [5.41, 5.74) is 0. The summed E-state index contributed by atoms with van der Waals surface area (Å²) < 4.78 is 15.5. The average molecular weight is 297 g/mol. The summed E-state index contributed by atoms with van der Waals surface area (Å²) in [4.78, 5) is 23.4. The molecule has 2 rings (SSSR count). The predicted molar refractivity (Wildman–Crippen MR) is 71.9 cm³/mol. The van der Waals surface area contributed by atoms with E-state index in [1.165, 1.54) is 13.2 Å². The molecule has 2 N–H and O–H groups in total. The number of carbonyl (C=O) groups excluding carboxylic acids is 1. The van der Waals surface area contributed by atoms with Crippen LogP contribution in [-0.2, 0) is 20.9 Å².